The van der Waals surface area contributed by atoms with E-state index in [-0.39, 0.29) is 0 Å². The monoisotopic (exact) mass is 245 g/mol. The molecule has 1 N–H and O–H groups in total. The molecule has 1 aromatic rings. The Morgan fingerprint density at radius 3 is 2.33 bits per heavy atom. The van der Waals surface area contributed by atoms with E-state index in [9.17, 15) is 0 Å². The molecule has 1 fully saturated rings. The lowest BCUT2D eigenvalue weighted by Crippen LogP contribution is -2.41. The first-order valence-electron chi connectivity index (χ1n) is 7.49. The summed E-state index contributed by atoms with van der Waals surface area (Å²) >= 11 is 0. The van der Waals surface area contributed by atoms with Gasteiger partial charge in [0.1, 0.15) is 0 Å². The Morgan fingerprint density at radius 1 is 1.06 bits per heavy atom. The van der Waals surface area contributed by atoms with Crippen molar-refractivity contribution < 1.29 is 0 Å². The zero-order chi connectivity index (χ0) is 12.8. The first kappa shape index (κ1) is 13.6. The fourth-order valence-electron chi connectivity index (χ4n) is 3.19. The minimum Gasteiger partial charge on any atom is -0.316 e. The van der Waals surface area contributed by atoms with Gasteiger partial charge in [0.2, 0.25) is 0 Å². The second-order valence-corrected chi connectivity index (χ2v) is 6.23. The van der Waals surface area contributed by atoms with Gasteiger partial charge in [-0.1, -0.05) is 63.4 Å². The van der Waals surface area contributed by atoms with Crippen LogP contribution in [0.3, 0.4) is 0 Å². The minimum absolute atomic E-state index is 0.397. The van der Waals surface area contributed by atoms with Crippen LogP contribution in [-0.4, -0.2) is 13.1 Å². The predicted molar refractivity (Wildman–Crippen MR) is 78.9 cm³/mol. The highest BCUT2D eigenvalue weighted by molar-refractivity contribution is 5.26. The molecular weight excluding hydrogens is 218 g/mol. The van der Waals surface area contributed by atoms with E-state index >= 15 is 0 Å². The van der Waals surface area contributed by atoms with E-state index in [4.69, 9.17) is 0 Å². The normalized spacial score (nSPS) is 19.1. The number of rotatable bonds is 5. The van der Waals surface area contributed by atoms with Gasteiger partial charge in [-0.25, -0.2) is 0 Å². The van der Waals surface area contributed by atoms with Crippen molar-refractivity contribution in [2.75, 3.05) is 13.1 Å². The van der Waals surface area contributed by atoms with E-state index < -0.39 is 0 Å². The molecule has 0 saturated heterocycles. The van der Waals surface area contributed by atoms with Gasteiger partial charge in [0, 0.05) is 12.0 Å². The lowest BCUT2D eigenvalue weighted by molar-refractivity contribution is 0.276. The van der Waals surface area contributed by atoms with Crippen LogP contribution in [0.1, 0.15) is 51.5 Å². The molecular formula is C17H27N. The number of hydrogen-bond acceptors (Lipinski definition) is 1. The molecule has 0 aromatic heterocycles. The van der Waals surface area contributed by atoms with Gasteiger partial charge in [0.05, 0.1) is 0 Å². The predicted octanol–water partition coefficient (Wildman–Crippen LogP) is 4.13. The van der Waals surface area contributed by atoms with Crippen LogP contribution in [-0.2, 0) is 5.41 Å². The van der Waals surface area contributed by atoms with Gasteiger partial charge in [0.25, 0.3) is 0 Å². The summed E-state index contributed by atoms with van der Waals surface area (Å²) in [5.74, 6) is 0.737. The topological polar surface area (TPSA) is 12.0 Å². The maximum Gasteiger partial charge on any atom is 0.00777 e. The fraction of sp³-hybridized carbons (Fsp3) is 0.647. The summed E-state index contributed by atoms with van der Waals surface area (Å²) in [5.41, 5.74) is 1.94. The van der Waals surface area contributed by atoms with Gasteiger partial charge < -0.3 is 5.32 Å². The molecule has 0 spiro atoms. The molecule has 2 rings (SSSR count). The maximum atomic E-state index is 3.69. The highest BCUT2D eigenvalue weighted by Crippen LogP contribution is 2.38. The first-order valence-corrected chi connectivity index (χ1v) is 7.49. The Morgan fingerprint density at radius 2 is 1.72 bits per heavy atom. The smallest absolute Gasteiger partial charge is 0.00777 e. The summed E-state index contributed by atoms with van der Waals surface area (Å²) in [5, 5.41) is 3.69. The second kappa shape index (κ2) is 6.38. The third-order valence-electron chi connectivity index (χ3n) is 4.21. The minimum atomic E-state index is 0.397. The zero-order valence-corrected chi connectivity index (χ0v) is 11.9. The Balaban J connectivity index is 2.08. The SMILES string of the molecule is CC(C)CNCC1(c2ccccc2)CCCCC1. The first-order chi connectivity index (χ1) is 8.73. The fourth-order valence-corrected chi connectivity index (χ4v) is 3.19. The molecule has 0 amide bonds. The summed E-state index contributed by atoms with van der Waals surface area (Å²) < 4.78 is 0. The van der Waals surface area contributed by atoms with Gasteiger partial charge in [-0.3, -0.25) is 0 Å². The molecule has 100 valence electrons. The molecule has 0 atom stereocenters. The molecule has 1 heteroatoms. The third kappa shape index (κ3) is 3.35. The highest BCUT2D eigenvalue weighted by Gasteiger charge is 2.33. The van der Waals surface area contributed by atoms with Crippen LogP contribution in [0.5, 0.6) is 0 Å². The molecule has 1 saturated carbocycles. The van der Waals surface area contributed by atoms with Gasteiger partial charge in [-0.15, -0.1) is 0 Å². The van der Waals surface area contributed by atoms with Crippen molar-refractivity contribution in [3.05, 3.63) is 35.9 Å². The average molecular weight is 245 g/mol. The van der Waals surface area contributed by atoms with E-state index in [1.54, 1.807) is 5.56 Å². The molecule has 0 unspecified atom stereocenters. The van der Waals surface area contributed by atoms with Crippen molar-refractivity contribution in [3.8, 4) is 0 Å². The van der Waals surface area contributed by atoms with E-state index in [1.807, 2.05) is 0 Å². The standard InChI is InChI=1S/C17H27N/c1-15(2)13-18-14-17(11-7-4-8-12-17)16-9-5-3-6-10-16/h3,5-6,9-10,15,18H,4,7-8,11-14H2,1-2H3. The molecule has 0 heterocycles. The van der Waals surface area contributed by atoms with Gasteiger partial charge >= 0.3 is 0 Å². The lowest BCUT2D eigenvalue weighted by atomic mass is 9.69. The van der Waals surface area contributed by atoms with Crippen LogP contribution in [0.15, 0.2) is 30.3 Å². The van der Waals surface area contributed by atoms with Crippen molar-refractivity contribution in [3.63, 3.8) is 0 Å². The quantitative estimate of drug-likeness (QED) is 0.822. The Hall–Kier alpha value is -0.820. The number of nitrogens with one attached hydrogen (secondary N) is 1. The van der Waals surface area contributed by atoms with Crippen molar-refractivity contribution in [2.45, 2.75) is 51.4 Å². The summed E-state index contributed by atoms with van der Waals surface area (Å²) in [6.45, 7) is 6.84. The number of hydrogen-bond donors (Lipinski definition) is 1. The lowest BCUT2D eigenvalue weighted by Gasteiger charge is -2.38. The Labute approximate surface area is 112 Å². The van der Waals surface area contributed by atoms with Crippen LogP contribution in [0.4, 0.5) is 0 Å². The van der Waals surface area contributed by atoms with Crippen LogP contribution in [0.2, 0.25) is 0 Å². The molecule has 0 bridgehead atoms. The van der Waals surface area contributed by atoms with E-state index in [1.165, 1.54) is 32.1 Å². The molecule has 1 aromatic carbocycles. The molecule has 0 radical (unpaired) electrons. The molecule has 18 heavy (non-hydrogen) atoms. The van der Waals surface area contributed by atoms with Crippen molar-refractivity contribution in [2.24, 2.45) is 5.92 Å². The summed E-state index contributed by atoms with van der Waals surface area (Å²) in [6, 6.07) is 11.1. The van der Waals surface area contributed by atoms with Crippen LogP contribution < -0.4 is 5.32 Å². The Bertz CT molecular complexity index is 336. The second-order valence-electron chi connectivity index (χ2n) is 6.23. The van der Waals surface area contributed by atoms with Crippen molar-refractivity contribution >= 4 is 0 Å². The average Bonchev–Trinajstić information content (AvgIpc) is 2.40. The summed E-state index contributed by atoms with van der Waals surface area (Å²) in [4.78, 5) is 0. The molecule has 1 nitrogen and oxygen atoms in total. The van der Waals surface area contributed by atoms with Crippen molar-refractivity contribution in [1.29, 1.82) is 0 Å². The molecule has 1 aliphatic carbocycles. The maximum absolute atomic E-state index is 3.69. The third-order valence-corrected chi connectivity index (χ3v) is 4.21. The number of benzene rings is 1. The van der Waals surface area contributed by atoms with Gasteiger partial charge in [-0.2, -0.15) is 0 Å². The van der Waals surface area contributed by atoms with Crippen molar-refractivity contribution in [1.82, 2.24) is 5.32 Å². The summed E-state index contributed by atoms with van der Waals surface area (Å²) in [6.07, 6.45) is 6.89. The molecule has 1 aliphatic rings. The largest absolute Gasteiger partial charge is 0.316 e. The highest BCUT2D eigenvalue weighted by atomic mass is 14.9. The summed E-state index contributed by atoms with van der Waals surface area (Å²) in [7, 11) is 0. The van der Waals surface area contributed by atoms with Crippen LogP contribution in [0.25, 0.3) is 0 Å². The van der Waals surface area contributed by atoms with Gasteiger partial charge in [-0.05, 0) is 30.9 Å². The van der Waals surface area contributed by atoms with Crippen LogP contribution in [0, 0.1) is 5.92 Å². The van der Waals surface area contributed by atoms with Crippen LogP contribution >= 0.6 is 0 Å². The van der Waals surface area contributed by atoms with E-state index in [0.717, 1.165) is 19.0 Å². The van der Waals surface area contributed by atoms with Gasteiger partial charge in [0.15, 0.2) is 0 Å². The van der Waals surface area contributed by atoms with E-state index in [0.29, 0.717) is 5.41 Å². The molecule has 0 aliphatic heterocycles. The zero-order valence-electron chi connectivity index (χ0n) is 11.9. The Kier molecular flexibility index (Phi) is 4.82. The van der Waals surface area contributed by atoms with E-state index in [2.05, 4.69) is 49.5 Å².